The first kappa shape index (κ1) is 13.7. The maximum absolute atomic E-state index is 4.93. The molecule has 0 saturated heterocycles. The van der Waals surface area contributed by atoms with Gasteiger partial charge in [-0.15, -0.1) is 0 Å². The number of nitrogens with zero attached hydrogens (tertiary/aromatic N) is 2. The zero-order valence-corrected chi connectivity index (χ0v) is 13.1. The lowest BCUT2D eigenvalue weighted by molar-refractivity contribution is -0.659. The van der Waals surface area contributed by atoms with Crippen LogP contribution in [-0.4, -0.2) is 4.98 Å². The van der Waals surface area contributed by atoms with Gasteiger partial charge in [-0.1, -0.05) is 38.1 Å². The molecule has 0 fully saturated rings. The topological polar surface area (TPSA) is 16.8 Å². The Morgan fingerprint density at radius 2 is 1.76 bits per heavy atom. The lowest BCUT2D eigenvalue weighted by Gasteiger charge is -2.09. The van der Waals surface area contributed by atoms with Crippen molar-refractivity contribution in [1.82, 2.24) is 4.98 Å². The maximum atomic E-state index is 4.93. The second-order valence-corrected chi connectivity index (χ2v) is 5.92. The van der Waals surface area contributed by atoms with Crippen molar-refractivity contribution in [3.8, 4) is 11.3 Å². The van der Waals surface area contributed by atoms with Crippen LogP contribution in [0.25, 0.3) is 22.2 Å². The molecule has 106 valence electrons. The van der Waals surface area contributed by atoms with Gasteiger partial charge in [-0.25, -0.2) is 4.98 Å². The third kappa shape index (κ3) is 2.42. The Hall–Kier alpha value is -2.22. The molecule has 0 spiro atoms. The van der Waals surface area contributed by atoms with Crippen LogP contribution >= 0.6 is 0 Å². The van der Waals surface area contributed by atoms with Gasteiger partial charge in [0.25, 0.3) is 0 Å². The van der Waals surface area contributed by atoms with E-state index in [4.69, 9.17) is 4.98 Å². The van der Waals surface area contributed by atoms with Gasteiger partial charge >= 0.3 is 0 Å². The van der Waals surface area contributed by atoms with Gasteiger partial charge in [-0.05, 0) is 30.5 Å². The highest BCUT2D eigenvalue weighted by Crippen LogP contribution is 2.27. The predicted octanol–water partition coefficient (Wildman–Crippen LogP) is 4.16. The number of aryl methyl sites for hydroxylation is 2. The van der Waals surface area contributed by atoms with Crippen molar-refractivity contribution in [3.63, 3.8) is 0 Å². The second kappa shape index (κ2) is 5.28. The van der Waals surface area contributed by atoms with E-state index in [1.165, 1.54) is 22.2 Å². The first-order chi connectivity index (χ1) is 10.1. The van der Waals surface area contributed by atoms with Crippen LogP contribution in [0.5, 0.6) is 0 Å². The standard InChI is InChI=1S/C19H21N2/c1-13(2)17-10-9-15-11-12-21(4)19(18(15)20-17)16-8-6-5-7-14(16)3/h5-13H,1-4H3/q+1. The molecule has 0 radical (unpaired) electrons. The predicted molar refractivity (Wildman–Crippen MR) is 87.2 cm³/mol. The Labute approximate surface area is 126 Å². The molecule has 0 unspecified atom stereocenters. The number of pyridine rings is 2. The molecular weight excluding hydrogens is 256 g/mol. The molecule has 0 saturated carbocycles. The van der Waals surface area contributed by atoms with Crippen LogP contribution < -0.4 is 4.57 Å². The summed E-state index contributed by atoms with van der Waals surface area (Å²) < 4.78 is 2.17. The average Bonchev–Trinajstić information content (AvgIpc) is 2.48. The van der Waals surface area contributed by atoms with E-state index in [-0.39, 0.29) is 0 Å². The van der Waals surface area contributed by atoms with E-state index >= 15 is 0 Å². The van der Waals surface area contributed by atoms with Crippen molar-refractivity contribution in [2.75, 3.05) is 0 Å². The van der Waals surface area contributed by atoms with E-state index in [1.54, 1.807) is 0 Å². The van der Waals surface area contributed by atoms with Gasteiger partial charge in [0, 0.05) is 17.1 Å². The van der Waals surface area contributed by atoms with E-state index in [0.29, 0.717) is 5.92 Å². The summed E-state index contributed by atoms with van der Waals surface area (Å²) in [6, 6.07) is 14.9. The van der Waals surface area contributed by atoms with Crippen LogP contribution in [0.2, 0.25) is 0 Å². The second-order valence-electron chi connectivity index (χ2n) is 5.92. The zero-order chi connectivity index (χ0) is 15.0. The molecule has 1 aromatic carbocycles. The normalized spacial score (nSPS) is 11.3. The summed E-state index contributed by atoms with van der Waals surface area (Å²) in [6.07, 6.45) is 2.11. The molecule has 3 rings (SSSR count). The highest BCUT2D eigenvalue weighted by molar-refractivity contribution is 5.90. The Kier molecular flexibility index (Phi) is 3.46. The highest BCUT2D eigenvalue weighted by Gasteiger charge is 2.18. The summed E-state index contributed by atoms with van der Waals surface area (Å²) in [5.41, 5.74) is 5.94. The molecule has 0 aliphatic rings. The minimum Gasteiger partial charge on any atom is -0.246 e. The van der Waals surface area contributed by atoms with Gasteiger partial charge in [-0.3, -0.25) is 0 Å². The summed E-state index contributed by atoms with van der Waals surface area (Å²) in [7, 11) is 2.09. The molecule has 0 atom stereocenters. The summed E-state index contributed by atoms with van der Waals surface area (Å²) in [4.78, 5) is 4.93. The minimum atomic E-state index is 0.435. The van der Waals surface area contributed by atoms with Crippen molar-refractivity contribution >= 4 is 10.9 Å². The number of aromatic nitrogens is 2. The van der Waals surface area contributed by atoms with Crippen molar-refractivity contribution < 1.29 is 4.57 Å². The van der Waals surface area contributed by atoms with Crippen LogP contribution in [0.1, 0.15) is 31.0 Å². The molecule has 0 amide bonds. The first-order valence-corrected chi connectivity index (χ1v) is 7.43. The van der Waals surface area contributed by atoms with Crippen molar-refractivity contribution in [2.24, 2.45) is 7.05 Å². The summed E-state index contributed by atoms with van der Waals surface area (Å²) in [5.74, 6) is 0.435. The zero-order valence-electron chi connectivity index (χ0n) is 13.1. The van der Waals surface area contributed by atoms with Gasteiger partial charge < -0.3 is 0 Å². The van der Waals surface area contributed by atoms with E-state index in [1.807, 2.05) is 0 Å². The molecule has 0 aliphatic heterocycles. The molecule has 0 N–H and O–H groups in total. The van der Waals surface area contributed by atoms with E-state index in [9.17, 15) is 0 Å². The Morgan fingerprint density at radius 3 is 2.48 bits per heavy atom. The summed E-state index contributed by atoms with van der Waals surface area (Å²) in [6.45, 7) is 6.52. The van der Waals surface area contributed by atoms with Gasteiger partial charge in [0.15, 0.2) is 6.20 Å². The van der Waals surface area contributed by atoms with Crippen molar-refractivity contribution in [2.45, 2.75) is 26.7 Å². The SMILES string of the molecule is Cc1ccccc1-c1c2nc(C(C)C)ccc2cc[n+]1C. The molecule has 0 aliphatic carbocycles. The van der Waals surface area contributed by atoms with Crippen molar-refractivity contribution in [3.05, 3.63) is 59.9 Å². The molecular formula is C19H21N2+. The molecule has 2 aromatic heterocycles. The number of rotatable bonds is 2. The number of benzene rings is 1. The van der Waals surface area contributed by atoms with Gasteiger partial charge in [0.1, 0.15) is 12.6 Å². The summed E-state index contributed by atoms with van der Waals surface area (Å²) in [5, 5.41) is 1.19. The lowest BCUT2D eigenvalue weighted by atomic mass is 10.0. The smallest absolute Gasteiger partial charge is 0.239 e. The third-order valence-electron chi connectivity index (χ3n) is 3.99. The Balaban J connectivity index is 2.37. The molecule has 2 heteroatoms. The number of fused-ring (bicyclic) bond motifs is 1. The lowest BCUT2D eigenvalue weighted by Crippen LogP contribution is -2.31. The largest absolute Gasteiger partial charge is 0.246 e. The molecule has 3 aromatic rings. The monoisotopic (exact) mass is 277 g/mol. The first-order valence-electron chi connectivity index (χ1n) is 7.43. The van der Waals surface area contributed by atoms with E-state index in [0.717, 1.165) is 11.2 Å². The van der Waals surface area contributed by atoms with Crippen LogP contribution in [-0.2, 0) is 7.05 Å². The number of hydrogen-bond donors (Lipinski definition) is 0. The Bertz CT molecular complexity index is 804. The van der Waals surface area contributed by atoms with Crippen LogP contribution in [0.15, 0.2) is 48.7 Å². The fraction of sp³-hybridized carbons (Fsp3) is 0.263. The molecule has 0 bridgehead atoms. The fourth-order valence-corrected chi connectivity index (χ4v) is 2.72. The molecule has 2 nitrogen and oxygen atoms in total. The minimum absolute atomic E-state index is 0.435. The maximum Gasteiger partial charge on any atom is 0.239 e. The van der Waals surface area contributed by atoms with E-state index in [2.05, 4.69) is 81.0 Å². The molecule has 21 heavy (non-hydrogen) atoms. The average molecular weight is 277 g/mol. The fourth-order valence-electron chi connectivity index (χ4n) is 2.72. The molecule has 2 heterocycles. The third-order valence-corrected chi connectivity index (χ3v) is 3.99. The Morgan fingerprint density at radius 1 is 1.00 bits per heavy atom. The van der Waals surface area contributed by atoms with Gasteiger partial charge in [-0.2, -0.15) is 4.57 Å². The van der Waals surface area contributed by atoms with Gasteiger partial charge in [0.2, 0.25) is 5.69 Å². The summed E-state index contributed by atoms with van der Waals surface area (Å²) >= 11 is 0. The van der Waals surface area contributed by atoms with Crippen LogP contribution in [0, 0.1) is 6.92 Å². The number of hydrogen-bond acceptors (Lipinski definition) is 1. The quantitative estimate of drug-likeness (QED) is 0.643. The van der Waals surface area contributed by atoms with Crippen LogP contribution in [0.3, 0.4) is 0 Å². The van der Waals surface area contributed by atoms with Crippen molar-refractivity contribution in [1.29, 1.82) is 0 Å². The van der Waals surface area contributed by atoms with Gasteiger partial charge in [0.05, 0.1) is 5.56 Å². The van der Waals surface area contributed by atoms with Crippen LogP contribution in [0.4, 0.5) is 0 Å². The van der Waals surface area contributed by atoms with E-state index < -0.39 is 0 Å². The highest BCUT2D eigenvalue weighted by atomic mass is 14.9.